The molecule has 0 aliphatic heterocycles. The fourth-order valence-electron chi connectivity index (χ4n) is 3.79. The van der Waals surface area contributed by atoms with Crippen LogP contribution >= 0.6 is 46.1 Å². The average molecular weight is 488 g/mol. The van der Waals surface area contributed by atoms with Crippen LogP contribution in [0.15, 0.2) is 54.6 Å². The number of aromatic nitrogens is 4. The SMILES string of the molecule is Cc1c(-c2nnc(C3CC=CC3)s2)nn(-c2ccc(Cl)cc2Cl)c1-c1ccc(Cl)cc1. The van der Waals surface area contributed by atoms with Gasteiger partial charge in [0.15, 0.2) is 5.01 Å². The van der Waals surface area contributed by atoms with Gasteiger partial charge in [-0.3, -0.25) is 0 Å². The number of hydrogen-bond donors (Lipinski definition) is 0. The molecule has 156 valence electrons. The molecule has 0 radical (unpaired) electrons. The molecular formula is C23H17Cl3N4S. The molecule has 2 aromatic carbocycles. The van der Waals surface area contributed by atoms with Crippen molar-refractivity contribution in [2.75, 3.05) is 0 Å². The summed E-state index contributed by atoms with van der Waals surface area (Å²) in [5.41, 5.74) is 4.45. The summed E-state index contributed by atoms with van der Waals surface area (Å²) in [7, 11) is 0. The number of nitrogens with zero attached hydrogens (tertiary/aromatic N) is 4. The van der Waals surface area contributed by atoms with Crippen LogP contribution in [0.5, 0.6) is 0 Å². The molecule has 5 rings (SSSR count). The number of allylic oxidation sites excluding steroid dienone is 2. The van der Waals surface area contributed by atoms with E-state index in [0.717, 1.165) is 51.1 Å². The molecule has 0 amide bonds. The smallest absolute Gasteiger partial charge is 0.168 e. The lowest BCUT2D eigenvalue weighted by Gasteiger charge is -2.11. The predicted molar refractivity (Wildman–Crippen MR) is 129 cm³/mol. The first-order chi connectivity index (χ1) is 15.0. The Kier molecular flexibility index (Phi) is 5.61. The largest absolute Gasteiger partial charge is 0.231 e. The highest BCUT2D eigenvalue weighted by atomic mass is 35.5. The van der Waals surface area contributed by atoms with Gasteiger partial charge < -0.3 is 0 Å². The van der Waals surface area contributed by atoms with E-state index >= 15 is 0 Å². The molecule has 0 atom stereocenters. The van der Waals surface area contributed by atoms with Gasteiger partial charge >= 0.3 is 0 Å². The zero-order valence-electron chi connectivity index (χ0n) is 16.5. The van der Waals surface area contributed by atoms with Crippen LogP contribution in [0, 0.1) is 6.92 Å². The third-order valence-corrected chi connectivity index (χ3v) is 7.26. The molecule has 31 heavy (non-hydrogen) atoms. The third-order valence-electron chi connectivity index (χ3n) is 5.38. The maximum Gasteiger partial charge on any atom is 0.168 e. The first-order valence-corrected chi connectivity index (χ1v) is 11.8. The Hall–Kier alpha value is -2.18. The van der Waals surface area contributed by atoms with Crippen LogP contribution in [-0.2, 0) is 0 Å². The van der Waals surface area contributed by atoms with Crippen LogP contribution in [0.1, 0.15) is 29.3 Å². The highest BCUT2D eigenvalue weighted by Gasteiger charge is 2.24. The third kappa shape index (κ3) is 3.92. The van der Waals surface area contributed by atoms with Gasteiger partial charge in [-0.1, -0.05) is 70.4 Å². The van der Waals surface area contributed by atoms with E-state index in [1.807, 2.05) is 41.9 Å². The fraction of sp³-hybridized carbons (Fsp3) is 0.174. The van der Waals surface area contributed by atoms with E-state index in [1.165, 1.54) is 0 Å². The standard InChI is InChI=1S/C23H17Cl3N4S/c1-13-20(23-28-27-22(31-23)15-4-2-3-5-15)29-30(19-11-10-17(25)12-18(19)26)21(13)14-6-8-16(24)9-7-14/h2-3,6-12,15H,4-5H2,1H3. The van der Waals surface area contributed by atoms with Gasteiger partial charge in [0.2, 0.25) is 0 Å². The van der Waals surface area contributed by atoms with Gasteiger partial charge in [-0.25, -0.2) is 4.68 Å². The van der Waals surface area contributed by atoms with Gasteiger partial charge in [-0.15, -0.1) is 10.2 Å². The highest BCUT2D eigenvalue weighted by molar-refractivity contribution is 7.14. The van der Waals surface area contributed by atoms with Crippen molar-refractivity contribution in [3.05, 3.63) is 80.3 Å². The van der Waals surface area contributed by atoms with Crippen molar-refractivity contribution in [3.8, 4) is 27.6 Å². The Morgan fingerprint density at radius 3 is 2.35 bits per heavy atom. The number of hydrogen-bond acceptors (Lipinski definition) is 4. The van der Waals surface area contributed by atoms with E-state index < -0.39 is 0 Å². The Bertz CT molecular complexity index is 1280. The highest BCUT2D eigenvalue weighted by Crippen LogP contribution is 2.39. The molecule has 2 aromatic heterocycles. The lowest BCUT2D eigenvalue weighted by atomic mass is 10.1. The molecule has 0 saturated carbocycles. The summed E-state index contributed by atoms with van der Waals surface area (Å²) in [6.07, 6.45) is 6.43. The average Bonchev–Trinajstić information content (AvgIpc) is 3.48. The first kappa shape index (κ1) is 20.7. The van der Waals surface area contributed by atoms with E-state index in [9.17, 15) is 0 Å². The molecular weight excluding hydrogens is 471 g/mol. The van der Waals surface area contributed by atoms with Crippen molar-refractivity contribution in [2.24, 2.45) is 0 Å². The van der Waals surface area contributed by atoms with E-state index in [2.05, 4.69) is 22.3 Å². The van der Waals surface area contributed by atoms with E-state index in [-0.39, 0.29) is 0 Å². The van der Waals surface area contributed by atoms with Crippen LogP contribution < -0.4 is 0 Å². The number of rotatable bonds is 4. The predicted octanol–water partition coefficient (Wildman–Crippen LogP) is 7.76. The van der Waals surface area contributed by atoms with Crippen molar-refractivity contribution in [3.63, 3.8) is 0 Å². The van der Waals surface area contributed by atoms with Crippen LogP contribution in [0.2, 0.25) is 15.1 Å². The normalized spacial score (nSPS) is 13.9. The minimum absolute atomic E-state index is 0.412. The molecule has 4 aromatic rings. The Balaban J connectivity index is 1.67. The van der Waals surface area contributed by atoms with Gasteiger partial charge in [-0.2, -0.15) is 5.10 Å². The molecule has 1 aliphatic carbocycles. The van der Waals surface area contributed by atoms with Crippen LogP contribution in [0.4, 0.5) is 0 Å². The Morgan fingerprint density at radius 2 is 1.65 bits per heavy atom. The lowest BCUT2D eigenvalue weighted by Crippen LogP contribution is -2.00. The summed E-state index contributed by atoms with van der Waals surface area (Å²) < 4.78 is 1.85. The number of benzene rings is 2. The summed E-state index contributed by atoms with van der Waals surface area (Å²) in [4.78, 5) is 0. The topological polar surface area (TPSA) is 43.6 Å². The quantitative estimate of drug-likeness (QED) is 0.276. The van der Waals surface area contributed by atoms with Crippen LogP contribution in [0.25, 0.3) is 27.6 Å². The second kappa shape index (κ2) is 8.40. The minimum atomic E-state index is 0.412. The van der Waals surface area contributed by atoms with Crippen molar-refractivity contribution >= 4 is 46.1 Å². The van der Waals surface area contributed by atoms with E-state index in [4.69, 9.17) is 39.9 Å². The van der Waals surface area contributed by atoms with Crippen molar-refractivity contribution in [1.82, 2.24) is 20.0 Å². The molecule has 0 N–H and O–H groups in total. The molecule has 0 saturated heterocycles. The number of halogens is 3. The molecule has 8 heteroatoms. The monoisotopic (exact) mass is 486 g/mol. The molecule has 1 aliphatic rings. The van der Waals surface area contributed by atoms with Gasteiger partial charge in [0, 0.05) is 27.1 Å². The molecule has 4 nitrogen and oxygen atoms in total. The Morgan fingerprint density at radius 1 is 0.935 bits per heavy atom. The van der Waals surface area contributed by atoms with Crippen molar-refractivity contribution < 1.29 is 0 Å². The molecule has 0 fully saturated rings. The maximum absolute atomic E-state index is 6.55. The second-order valence-electron chi connectivity index (χ2n) is 7.42. The van der Waals surface area contributed by atoms with Gasteiger partial charge in [-0.05, 0) is 50.1 Å². The lowest BCUT2D eigenvalue weighted by molar-refractivity contribution is 0.732. The zero-order valence-corrected chi connectivity index (χ0v) is 19.6. The van der Waals surface area contributed by atoms with Gasteiger partial charge in [0.25, 0.3) is 0 Å². The summed E-state index contributed by atoms with van der Waals surface area (Å²) in [5, 5.41) is 17.5. The van der Waals surface area contributed by atoms with E-state index in [0.29, 0.717) is 21.0 Å². The summed E-state index contributed by atoms with van der Waals surface area (Å²) in [6.45, 7) is 2.05. The van der Waals surface area contributed by atoms with Crippen LogP contribution in [0.3, 0.4) is 0 Å². The zero-order chi connectivity index (χ0) is 21.5. The summed E-state index contributed by atoms with van der Waals surface area (Å²) in [6, 6.07) is 13.1. The first-order valence-electron chi connectivity index (χ1n) is 9.81. The van der Waals surface area contributed by atoms with Crippen molar-refractivity contribution in [2.45, 2.75) is 25.7 Å². The van der Waals surface area contributed by atoms with Crippen molar-refractivity contribution in [1.29, 1.82) is 0 Å². The van der Waals surface area contributed by atoms with Crippen LogP contribution in [-0.4, -0.2) is 20.0 Å². The Labute approximate surface area is 199 Å². The molecule has 0 bridgehead atoms. The van der Waals surface area contributed by atoms with Gasteiger partial charge in [0.1, 0.15) is 10.7 Å². The van der Waals surface area contributed by atoms with E-state index in [1.54, 1.807) is 23.5 Å². The summed E-state index contributed by atoms with van der Waals surface area (Å²) >= 11 is 20.4. The summed E-state index contributed by atoms with van der Waals surface area (Å²) in [5.74, 6) is 0.412. The second-order valence-corrected chi connectivity index (χ2v) is 9.71. The molecule has 2 heterocycles. The minimum Gasteiger partial charge on any atom is -0.231 e. The fourth-order valence-corrected chi connectivity index (χ4v) is 5.41. The molecule has 0 unspecified atom stereocenters. The molecule has 0 spiro atoms. The van der Waals surface area contributed by atoms with Gasteiger partial charge in [0.05, 0.1) is 16.4 Å². The maximum atomic E-state index is 6.55.